The van der Waals surface area contributed by atoms with E-state index in [1.165, 1.54) is 38.8 Å². The number of hydrogen-bond donors (Lipinski definition) is 1. The summed E-state index contributed by atoms with van der Waals surface area (Å²) in [6.07, 6.45) is 7.10. The number of benzene rings is 1. The van der Waals surface area contributed by atoms with Crippen molar-refractivity contribution in [3.63, 3.8) is 0 Å². The van der Waals surface area contributed by atoms with Gasteiger partial charge < -0.3 is 10.2 Å². The highest BCUT2D eigenvalue weighted by Crippen LogP contribution is 2.24. The molecule has 4 heteroatoms. The Bertz CT molecular complexity index is 629. The van der Waals surface area contributed by atoms with Crippen molar-refractivity contribution in [1.82, 2.24) is 9.88 Å². The predicted octanol–water partition coefficient (Wildman–Crippen LogP) is 4.56. The van der Waals surface area contributed by atoms with Gasteiger partial charge in [-0.3, -0.25) is 4.98 Å². The Morgan fingerprint density at radius 1 is 1.32 bits per heavy atom. The summed E-state index contributed by atoms with van der Waals surface area (Å²) in [6.45, 7) is 5.79. The van der Waals surface area contributed by atoms with E-state index in [1.54, 1.807) is 0 Å². The Hall–Kier alpha value is -1.32. The molecule has 0 amide bonds. The molecule has 1 fully saturated rings. The first-order valence-corrected chi connectivity index (χ1v) is 8.64. The van der Waals surface area contributed by atoms with Crippen molar-refractivity contribution >= 4 is 28.2 Å². The third-order valence-electron chi connectivity index (χ3n) is 4.58. The van der Waals surface area contributed by atoms with Crippen molar-refractivity contribution in [2.75, 3.05) is 25.0 Å². The molecule has 3 nitrogen and oxygen atoms in total. The highest BCUT2D eigenvalue weighted by Gasteiger charge is 2.17. The second-order valence-electron chi connectivity index (χ2n) is 6.18. The van der Waals surface area contributed by atoms with Gasteiger partial charge in [0.15, 0.2) is 0 Å². The van der Waals surface area contributed by atoms with E-state index < -0.39 is 0 Å². The number of nitrogens with zero attached hydrogens (tertiary/aromatic N) is 2. The minimum Gasteiger partial charge on any atom is -0.384 e. The van der Waals surface area contributed by atoms with Crippen LogP contribution in [0.15, 0.2) is 30.5 Å². The highest BCUT2D eigenvalue weighted by atomic mass is 35.5. The predicted molar refractivity (Wildman–Crippen MR) is 94.7 cm³/mol. The van der Waals surface area contributed by atoms with Crippen LogP contribution in [0.1, 0.15) is 32.6 Å². The number of halogens is 1. The number of fused-ring (bicyclic) bond motifs is 1. The van der Waals surface area contributed by atoms with E-state index >= 15 is 0 Å². The maximum atomic E-state index is 6.03. The van der Waals surface area contributed by atoms with Gasteiger partial charge in [0.05, 0.1) is 5.52 Å². The van der Waals surface area contributed by atoms with Crippen LogP contribution in [-0.2, 0) is 0 Å². The number of rotatable bonds is 5. The summed E-state index contributed by atoms with van der Waals surface area (Å²) in [5, 5.41) is 5.42. The Morgan fingerprint density at radius 2 is 2.23 bits per heavy atom. The highest BCUT2D eigenvalue weighted by molar-refractivity contribution is 6.31. The molecule has 2 heterocycles. The molecule has 1 aliphatic heterocycles. The molecule has 1 unspecified atom stereocenters. The normalized spacial score (nSPS) is 19.5. The maximum Gasteiger partial charge on any atom is 0.0737 e. The van der Waals surface area contributed by atoms with E-state index in [9.17, 15) is 0 Å². The third kappa shape index (κ3) is 3.71. The van der Waals surface area contributed by atoms with Crippen LogP contribution in [0.3, 0.4) is 0 Å². The summed E-state index contributed by atoms with van der Waals surface area (Å²) < 4.78 is 0. The smallest absolute Gasteiger partial charge is 0.0737 e. The van der Waals surface area contributed by atoms with Crippen LogP contribution in [0, 0.1) is 0 Å². The lowest BCUT2D eigenvalue weighted by Gasteiger charge is -2.33. The van der Waals surface area contributed by atoms with Crippen molar-refractivity contribution in [1.29, 1.82) is 0 Å². The molecule has 1 aliphatic rings. The van der Waals surface area contributed by atoms with Crippen LogP contribution in [0.4, 0.5) is 5.69 Å². The van der Waals surface area contributed by atoms with E-state index in [-0.39, 0.29) is 0 Å². The Balaban J connectivity index is 1.55. The molecular formula is C18H24ClN3. The number of piperidine rings is 1. The van der Waals surface area contributed by atoms with Crippen LogP contribution in [0.5, 0.6) is 0 Å². The molecule has 1 atom stereocenters. The molecule has 2 aromatic rings. The Labute approximate surface area is 137 Å². The summed E-state index contributed by atoms with van der Waals surface area (Å²) in [7, 11) is 0. The maximum absolute atomic E-state index is 6.03. The molecule has 22 heavy (non-hydrogen) atoms. The van der Waals surface area contributed by atoms with Crippen LogP contribution in [0.2, 0.25) is 5.02 Å². The first-order chi connectivity index (χ1) is 10.7. The quantitative estimate of drug-likeness (QED) is 0.819. The van der Waals surface area contributed by atoms with Crippen molar-refractivity contribution in [3.05, 3.63) is 35.5 Å². The van der Waals surface area contributed by atoms with E-state index in [0.717, 1.165) is 34.2 Å². The summed E-state index contributed by atoms with van der Waals surface area (Å²) >= 11 is 6.03. The molecular weight excluding hydrogens is 294 g/mol. The van der Waals surface area contributed by atoms with Crippen LogP contribution < -0.4 is 5.32 Å². The molecule has 118 valence electrons. The van der Waals surface area contributed by atoms with Gasteiger partial charge in [0, 0.05) is 41.4 Å². The second kappa shape index (κ2) is 7.30. The number of nitrogens with one attached hydrogen (secondary N) is 1. The third-order valence-corrected chi connectivity index (χ3v) is 4.82. The van der Waals surface area contributed by atoms with Crippen LogP contribution >= 0.6 is 11.6 Å². The van der Waals surface area contributed by atoms with Crippen molar-refractivity contribution < 1.29 is 0 Å². The zero-order valence-electron chi connectivity index (χ0n) is 13.2. The zero-order chi connectivity index (χ0) is 15.4. The minimum absolute atomic E-state index is 0.733. The number of anilines is 1. The zero-order valence-corrected chi connectivity index (χ0v) is 13.9. The monoisotopic (exact) mass is 317 g/mol. The lowest BCUT2D eigenvalue weighted by molar-refractivity contribution is 0.160. The fourth-order valence-corrected chi connectivity index (χ4v) is 3.44. The van der Waals surface area contributed by atoms with Crippen molar-refractivity contribution in [2.45, 2.75) is 38.6 Å². The molecule has 1 saturated heterocycles. The molecule has 1 N–H and O–H groups in total. The van der Waals surface area contributed by atoms with Crippen LogP contribution in [0.25, 0.3) is 10.9 Å². The number of likely N-dealkylation sites (tertiary alicyclic amines) is 1. The molecule has 0 aliphatic carbocycles. The fraction of sp³-hybridized carbons (Fsp3) is 0.500. The molecule has 0 saturated carbocycles. The second-order valence-corrected chi connectivity index (χ2v) is 6.62. The van der Waals surface area contributed by atoms with Gasteiger partial charge in [-0.1, -0.05) is 18.0 Å². The van der Waals surface area contributed by atoms with Gasteiger partial charge in [0.2, 0.25) is 0 Å². The molecule has 0 radical (unpaired) electrons. The van der Waals surface area contributed by atoms with E-state index in [0.29, 0.717) is 0 Å². The lowest BCUT2D eigenvalue weighted by Crippen LogP contribution is -2.38. The topological polar surface area (TPSA) is 28.2 Å². The summed E-state index contributed by atoms with van der Waals surface area (Å²) in [5.74, 6) is 0. The first kappa shape index (κ1) is 15.6. The Kier molecular flexibility index (Phi) is 5.16. The van der Waals surface area contributed by atoms with Crippen LogP contribution in [-0.4, -0.2) is 35.6 Å². The van der Waals surface area contributed by atoms with E-state index in [1.807, 2.05) is 30.5 Å². The van der Waals surface area contributed by atoms with Gasteiger partial charge in [0.25, 0.3) is 0 Å². The first-order valence-electron chi connectivity index (χ1n) is 8.26. The van der Waals surface area contributed by atoms with Gasteiger partial charge in [-0.25, -0.2) is 0 Å². The minimum atomic E-state index is 0.733. The van der Waals surface area contributed by atoms with Gasteiger partial charge in [-0.15, -0.1) is 0 Å². The fourth-order valence-electron chi connectivity index (χ4n) is 3.27. The molecule has 1 aromatic heterocycles. The van der Waals surface area contributed by atoms with Gasteiger partial charge in [-0.2, -0.15) is 0 Å². The molecule has 0 spiro atoms. The number of hydrogen-bond acceptors (Lipinski definition) is 3. The number of aromatic nitrogens is 1. The van der Waals surface area contributed by atoms with Crippen molar-refractivity contribution in [3.8, 4) is 0 Å². The summed E-state index contributed by atoms with van der Waals surface area (Å²) in [6, 6.07) is 8.67. The van der Waals surface area contributed by atoms with E-state index in [2.05, 4.69) is 22.1 Å². The van der Waals surface area contributed by atoms with E-state index in [4.69, 9.17) is 11.6 Å². The number of pyridine rings is 1. The largest absolute Gasteiger partial charge is 0.384 e. The molecule has 3 rings (SSSR count). The lowest BCUT2D eigenvalue weighted by atomic mass is 10.0. The SMILES string of the molecule is CC1CCCCN1CCCNc1ccnc2cc(Cl)ccc12. The van der Waals surface area contributed by atoms with Gasteiger partial charge >= 0.3 is 0 Å². The molecule has 1 aromatic carbocycles. The van der Waals surface area contributed by atoms with Crippen molar-refractivity contribution in [2.24, 2.45) is 0 Å². The summed E-state index contributed by atoms with van der Waals surface area (Å²) in [5.41, 5.74) is 2.09. The summed E-state index contributed by atoms with van der Waals surface area (Å²) in [4.78, 5) is 7.00. The van der Waals surface area contributed by atoms with Gasteiger partial charge in [-0.05, 0) is 57.0 Å². The molecule has 0 bridgehead atoms. The standard InChI is InChI=1S/C18H24ClN3/c1-14-5-2-3-11-22(14)12-4-9-20-17-8-10-21-18-13-15(19)6-7-16(17)18/h6-8,10,13-14H,2-5,9,11-12H2,1H3,(H,20,21). The Morgan fingerprint density at radius 3 is 3.09 bits per heavy atom. The average molecular weight is 318 g/mol. The van der Waals surface area contributed by atoms with Gasteiger partial charge in [0.1, 0.15) is 0 Å². The average Bonchev–Trinajstić information content (AvgIpc) is 2.53.